The predicted octanol–water partition coefficient (Wildman–Crippen LogP) is 4.72. The summed E-state index contributed by atoms with van der Waals surface area (Å²) in [6, 6.07) is 9.82. The number of anilines is 1. The van der Waals surface area contributed by atoms with Crippen LogP contribution in [0, 0.1) is 0 Å². The normalized spacial score (nSPS) is 12.3. The maximum absolute atomic E-state index is 12.3. The Labute approximate surface area is 175 Å². The van der Waals surface area contributed by atoms with Gasteiger partial charge in [-0.25, -0.2) is 4.98 Å². The van der Waals surface area contributed by atoms with Gasteiger partial charge in [0, 0.05) is 11.6 Å². The lowest BCUT2D eigenvalue weighted by atomic mass is 10.1. The Kier molecular flexibility index (Phi) is 6.88. The molecule has 30 heavy (non-hydrogen) atoms. The highest BCUT2D eigenvalue weighted by molar-refractivity contribution is 7.11. The number of rotatable bonds is 8. The van der Waals surface area contributed by atoms with Crippen LogP contribution in [0.2, 0.25) is 0 Å². The van der Waals surface area contributed by atoms with Crippen molar-refractivity contribution in [2.24, 2.45) is 0 Å². The second-order valence-electron chi connectivity index (χ2n) is 6.45. The molecule has 158 valence electrons. The topological polar surface area (TPSA) is 76.1 Å². The van der Waals surface area contributed by atoms with Gasteiger partial charge in [-0.2, -0.15) is 13.2 Å². The molecule has 0 aliphatic carbocycles. The van der Waals surface area contributed by atoms with Crippen LogP contribution in [0.25, 0.3) is 0 Å². The van der Waals surface area contributed by atoms with E-state index in [0.717, 1.165) is 5.56 Å². The summed E-state index contributed by atoms with van der Waals surface area (Å²) in [5.41, 5.74) is 1.62. The minimum absolute atomic E-state index is 0.174. The highest BCUT2D eigenvalue weighted by Crippen LogP contribution is 2.23. The van der Waals surface area contributed by atoms with Crippen LogP contribution in [0.4, 0.5) is 18.9 Å². The van der Waals surface area contributed by atoms with Crippen LogP contribution in [-0.4, -0.2) is 28.6 Å². The Bertz CT molecular complexity index is 946. The molecule has 0 aliphatic rings. The SMILES string of the molecule is C[C@@H](NC(=O)Cc1ccc(Oc2nccs2)cc1)c1ccc(NCC(F)(F)F)cn1. The first-order chi connectivity index (χ1) is 14.3. The molecular weight excluding hydrogens is 417 g/mol. The summed E-state index contributed by atoms with van der Waals surface area (Å²) in [5.74, 6) is 0.433. The summed E-state index contributed by atoms with van der Waals surface area (Å²) in [5, 5.41) is 7.44. The van der Waals surface area contributed by atoms with Crippen molar-refractivity contribution in [2.75, 3.05) is 11.9 Å². The Morgan fingerprint density at radius 3 is 2.53 bits per heavy atom. The van der Waals surface area contributed by atoms with E-state index < -0.39 is 12.7 Å². The van der Waals surface area contributed by atoms with E-state index in [1.54, 1.807) is 43.5 Å². The van der Waals surface area contributed by atoms with Crippen LogP contribution >= 0.6 is 11.3 Å². The van der Waals surface area contributed by atoms with Gasteiger partial charge in [0.15, 0.2) is 0 Å². The third kappa shape index (κ3) is 6.73. The van der Waals surface area contributed by atoms with Crippen molar-refractivity contribution in [1.29, 1.82) is 0 Å². The highest BCUT2D eigenvalue weighted by atomic mass is 32.1. The molecule has 0 radical (unpaired) electrons. The predicted molar refractivity (Wildman–Crippen MR) is 108 cm³/mol. The molecule has 6 nitrogen and oxygen atoms in total. The molecule has 0 unspecified atom stereocenters. The molecule has 0 fully saturated rings. The van der Waals surface area contributed by atoms with Gasteiger partial charge in [-0.15, -0.1) is 0 Å². The molecular formula is C20H19F3N4O2S. The van der Waals surface area contributed by atoms with Gasteiger partial charge in [0.1, 0.15) is 12.3 Å². The van der Waals surface area contributed by atoms with Crippen LogP contribution in [0.15, 0.2) is 54.2 Å². The molecule has 3 rings (SSSR count). The number of amides is 1. The van der Waals surface area contributed by atoms with E-state index in [2.05, 4.69) is 20.6 Å². The van der Waals surface area contributed by atoms with Gasteiger partial charge in [-0.3, -0.25) is 9.78 Å². The van der Waals surface area contributed by atoms with Crippen LogP contribution in [0.5, 0.6) is 10.9 Å². The maximum Gasteiger partial charge on any atom is 0.405 e. The van der Waals surface area contributed by atoms with Crippen molar-refractivity contribution in [3.63, 3.8) is 0 Å². The molecule has 2 heterocycles. The second kappa shape index (κ2) is 9.57. The van der Waals surface area contributed by atoms with Gasteiger partial charge in [0.25, 0.3) is 5.19 Å². The number of carbonyl (C=O) groups excluding carboxylic acids is 1. The van der Waals surface area contributed by atoms with Gasteiger partial charge >= 0.3 is 6.18 Å². The van der Waals surface area contributed by atoms with E-state index in [1.165, 1.54) is 23.6 Å². The van der Waals surface area contributed by atoms with Crippen molar-refractivity contribution in [1.82, 2.24) is 15.3 Å². The number of hydrogen-bond donors (Lipinski definition) is 2. The van der Waals surface area contributed by atoms with E-state index in [9.17, 15) is 18.0 Å². The summed E-state index contributed by atoms with van der Waals surface area (Å²) in [7, 11) is 0. The standard InChI is InChI=1S/C20H19F3N4O2S/c1-13(17-7-4-15(11-25-17)26-12-20(21,22)23)27-18(28)10-14-2-5-16(6-3-14)29-19-24-8-9-30-19/h2-9,11,13,26H,10,12H2,1H3,(H,27,28)/t13-/m1/s1. The number of carbonyl (C=O) groups is 1. The van der Waals surface area contributed by atoms with Crippen molar-refractivity contribution in [3.05, 3.63) is 65.4 Å². The number of alkyl halides is 3. The third-order valence-corrected chi connectivity index (χ3v) is 4.65. The van der Waals surface area contributed by atoms with E-state index in [1.807, 2.05) is 5.38 Å². The first-order valence-corrected chi connectivity index (χ1v) is 9.89. The number of benzene rings is 1. The van der Waals surface area contributed by atoms with Crippen molar-refractivity contribution in [3.8, 4) is 10.9 Å². The molecule has 1 aromatic carbocycles. The molecule has 3 aromatic rings. The fourth-order valence-electron chi connectivity index (χ4n) is 2.56. The molecule has 0 aliphatic heterocycles. The number of halogens is 3. The second-order valence-corrected chi connectivity index (χ2v) is 7.31. The van der Waals surface area contributed by atoms with Gasteiger partial charge < -0.3 is 15.4 Å². The van der Waals surface area contributed by atoms with Crippen molar-refractivity contribution >= 4 is 22.9 Å². The van der Waals surface area contributed by atoms with Gasteiger partial charge in [0.2, 0.25) is 5.91 Å². The molecule has 1 atom stereocenters. The summed E-state index contributed by atoms with van der Waals surface area (Å²) >= 11 is 1.38. The Balaban J connectivity index is 1.49. The monoisotopic (exact) mass is 436 g/mol. The lowest BCUT2D eigenvalue weighted by Gasteiger charge is -2.15. The summed E-state index contributed by atoms with van der Waals surface area (Å²) in [6.07, 6.45) is -1.16. The lowest BCUT2D eigenvalue weighted by molar-refractivity contribution is -0.121. The zero-order valence-electron chi connectivity index (χ0n) is 15.9. The Hall–Kier alpha value is -3.14. The van der Waals surface area contributed by atoms with Gasteiger partial charge in [-0.1, -0.05) is 23.5 Å². The number of nitrogens with one attached hydrogen (secondary N) is 2. The van der Waals surface area contributed by atoms with E-state index >= 15 is 0 Å². The number of nitrogens with zero attached hydrogens (tertiary/aromatic N) is 2. The molecule has 0 spiro atoms. The lowest BCUT2D eigenvalue weighted by Crippen LogP contribution is -2.28. The molecule has 2 N–H and O–H groups in total. The van der Waals surface area contributed by atoms with Gasteiger partial charge in [0.05, 0.1) is 30.0 Å². The number of pyridine rings is 1. The summed E-state index contributed by atoms with van der Waals surface area (Å²) in [4.78, 5) is 20.5. The molecule has 1 amide bonds. The first-order valence-electron chi connectivity index (χ1n) is 9.01. The average Bonchev–Trinajstić information content (AvgIpc) is 3.21. The molecule has 0 bridgehead atoms. The third-order valence-electron chi connectivity index (χ3n) is 4.00. The van der Waals surface area contributed by atoms with Crippen LogP contribution in [-0.2, 0) is 11.2 Å². The van der Waals surface area contributed by atoms with E-state index in [0.29, 0.717) is 16.6 Å². The fourth-order valence-corrected chi connectivity index (χ4v) is 3.06. The van der Waals surface area contributed by atoms with Crippen LogP contribution in [0.1, 0.15) is 24.2 Å². The quantitative estimate of drug-likeness (QED) is 0.534. The van der Waals surface area contributed by atoms with Crippen LogP contribution < -0.4 is 15.4 Å². The van der Waals surface area contributed by atoms with Crippen LogP contribution in [0.3, 0.4) is 0 Å². The Morgan fingerprint density at radius 2 is 1.93 bits per heavy atom. The van der Waals surface area contributed by atoms with Gasteiger partial charge in [-0.05, 0) is 36.8 Å². The summed E-state index contributed by atoms with van der Waals surface area (Å²) in [6.45, 7) is 0.627. The van der Waals surface area contributed by atoms with Crippen molar-refractivity contribution < 1.29 is 22.7 Å². The minimum atomic E-state index is -4.30. The fraction of sp³-hybridized carbons (Fsp3) is 0.250. The smallest absolute Gasteiger partial charge is 0.405 e. The largest absolute Gasteiger partial charge is 0.431 e. The average molecular weight is 436 g/mol. The summed E-state index contributed by atoms with van der Waals surface area (Å²) < 4.78 is 42.3. The van der Waals surface area contributed by atoms with E-state index in [4.69, 9.17) is 4.74 Å². The minimum Gasteiger partial charge on any atom is -0.431 e. The maximum atomic E-state index is 12.3. The van der Waals surface area contributed by atoms with E-state index in [-0.39, 0.29) is 24.1 Å². The number of ether oxygens (including phenoxy) is 1. The molecule has 10 heteroatoms. The Morgan fingerprint density at radius 1 is 1.17 bits per heavy atom. The number of thiazole rings is 1. The first kappa shape index (κ1) is 21.6. The number of aromatic nitrogens is 2. The number of hydrogen-bond acceptors (Lipinski definition) is 6. The molecule has 0 saturated heterocycles. The molecule has 0 saturated carbocycles. The zero-order chi connectivity index (χ0) is 21.6. The zero-order valence-corrected chi connectivity index (χ0v) is 16.8. The highest BCUT2D eigenvalue weighted by Gasteiger charge is 2.26. The van der Waals surface area contributed by atoms with Crippen molar-refractivity contribution in [2.45, 2.75) is 25.6 Å². The molecule has 2 aromatic heterocycles.